The molecule has 108 valence electrons. The molecule has 0 aliphatic carbocycles. The molecule has 2 aromatic heterocycles. The quantitative estimate of drug-likeness (QED) is 0.828. The average molecular weight is 280 g/mol. The molecular weight excluding hydrogens is 264 g/mol. The maximum atomic E-state index is 11.5. The molecule has 2 aromatic rings. The molecule has 0 saturated heterocycles. The minimum absolute atomic E-state index is 0.178. The van der Waals surface area contributed by atoms with Gasteiger partial charge in [0.15, 0.2) is 0 Å². The molecule has 0 fully saturated rings. The highest BCUT2D eigenvalue weighted by molar-refractivity contribution is 5.70. The van der Waals surface area contributed by atoms with Gasteiger partial charge in [-0.05, 0) is 38.7 Å². The van der Waals surface area contributed by atoms with Gasteiger partial charge in [-0.2, -0.15) is 0 Å². The summed E-state index contributed by atoms with van der Waals surface area (Å²) in [5.74, 6) is 0. The fraction of sp³-hybridized carbons (Fsp3) is 0.500. The van der Waals surface area contributed by atoms with Gasteiger partial charge in [-0.3, -0.25) is 4.63 Å². The zero-order chi connectivity index (χ0) is 14.9. The number of amides is 1. The number of pyridine rings is 1. The smallest absolute Gasteiger partial charge is 0.407 e. The number of aryl methyl sites for hydroxylation is 1. The first kappa shape index (κ1) is 14.0. The topological polar surface area (TPSA) is 104 Å². The van der Waals surface area contributed by atoms with Crippen LogP contribution in [0.5, 0.6) is 0 Å². The zero-order valence-corrected chi connectivity index (χ0v) is 11.8. The Balaban J connectivity index is 2.09. The van der Waals surface area contributed by atoms with Crippen molar-refractivity contribution in [2.45, 2.75) is 39.8 Å². The molecule has 0 aliphatic rings. The van der Waals surface area contributed by atoms with Crippen LogP contribution in [-0.4, -0.2) is 21.8 Å². The Bertz CT molecular complexity index is 645. The standard InChI is InChI=1S/C12H16N4O4/c1-7-5-8(6-13-11(17)19-12(2,3)4)14-10-9(7)16(18)20-15-10/h5H,6H2,1-4H3,(H,13,17). The summed E-state index contributed by atoms with van der Waals surface area (Å²) in [7, 11) is 0. The van der Waals surface area contributed by atoms with E-state index in [2.05, 4.69) is 20.1 Å². The van der Waals surface area contributed by atoms with Gasteiger partial charge in [0.1, 0.15) is 5.60 Å². The molecule has 0 atom stereocenters. The Morgan fingerprint density at radius 1 is 1.55 bits per heavy atom. The number of aromatic nitrogens is 3. The highest BCUT2D eigenvalue weighted by atomic mass is 16.8. The predicted molar refractivity (Wildman–Crippen MR) is 68.6 cm³/mol. The number of carbonyl (C=O) groups is 1. The van der Waals surface area contributed by atoms with Gasteiger partial charge in [-0.15, -0.1) is 0 Å². The number of carbonyl (C=O) groups excluding carboxylic acids is 1. The summed E-state index contributed by atoms with van der Waals surface area (Å²) in [6.07, 6.45) is -0.531. The Morgan fingerprint density at radius 2 is 2.25 bits per heavy atom. The van der Waals surface area contributed by atoms with E-state index < -0.39 is 11.7 Å². The van der Waals surface area contributed by atoms with Crippen LogP contribution in [0.15, 0.2) is 10.7 Å². The molecule has 2 heterocycles. The van der Waals surface area contributed by atoms with Crippen molar-refractivity contribution in [3.8, 4) is 0 Å². The van der Waals surface area contributed by atoms with Gasteiger partial charge in [0.2, 0.25) is 5.52 Å². The molecule has 1 amide bonds. The predicted octanol–water partition coefficient (Wildman–Crippen LogP) is 1.19. The first-order valence-electron chi connectivity index (χ1n) is 6.09. The van der Waals surface area contributed by atoms with Crippen molar-refractivity contribution in [1.82, 2.24) is 15.5 Å². The minimum Gasteiger partial charge on any atom is -0.444 e. The van der Waals surface area contributed by atoms with Crippen molar-refractivity contribution in [1.29, 1.82) is 0 Å². The van der Waals surface area contributed by atoms with E-state index in [1.54, 1.807) is 33.8 Å². The number of hydrogen-bond donors (Lipinski definition) is 1. The molecule has 2 rings (SSSR count). The van der Waals surface area contributed by atoms with E-state index in [-0.39, 0.29) is 17.7 Å². The molecule has 0 unspecified atom stereocenters. The van der Waals surface area contributed by atoms with Crippen molar-refractivity contribution >= 4 is 17.3 Å². The Labute approximate surface area is 115 Å². The van der Waals surface area contributed by atoms with E-state index in [4.69, 9.17) is 4.74 Å². The number of ether oxygens (including phenoxy) is 1. The minimum atomic E-state index is -0.558. The van der Waals surface area contributed by atoms with Crippen LogP contribution in [0.1, 0.15) is 32.0 Å². The van der Waals surface area contributed by atoms with Crippen LogP contribution in [0.3, 0.4) is 0 Å². The molecule has 0 bridgehead atoms. The summed E-state index contributed by atoms with van der Waals surface area (Å²) in [5.41, 5.74) is 1.17. The molecule has 8 nitrogen and oxygen atoms in total. The molecule has 1 N–H and O–H groups in total. The number of rotatable bonds is 2. The van der Waals surface area contributed by atoms with E-state index in [1.807, 2.05) is 0 Å². The molecule has 20 heavy (non-hydrogen) atoms. The molecule has 0 spiro atoms. The molecule has 0 saturated carbocycles. The third-order valence-electron chi connectivity index (χ3n) is 2.41. The van der Waals surface area contributed by atoms with Crippen LogP contribution >= 0.6 is 0 Å². The van der Waals surface area contributed by atoms with Gasteiger partial charge >= 0.3 is 11.7 Å². The average Bonchev–Trinajstić information content (AvgIpc) is 2.66. The number of nitrogens with one attached hydrogen (secondary N) is 1. The maximum absolute atomic E-state index is 11.5. The Kier molecular flexibility index (Phi) is 3.47. The molecule has 0 aliphatic heterocycles. The summed E-state index contributed by atoms with van der Waals surface area (Å²) in [6, 6.07) is 1.69. The number of nitrogens with zero attached hydrogens (tertiary/aromatic N) is 3. The molecule has 8 heteroatoms. The second kappa shape index (κ2) is 4.95. The van der Waals surface area contributed by atoms with E-state index in [1.165, 1.54) is 0 Å². The van der Waals surface area contributed by atoms with E-state index in [0.717, 1.165) is 0 Å². The van der Waals surface area contributed by atoms with E-state index in [9.17, 15) is 10.0 Å². The van der Waals surface area contributed by atoms with Crippen molar-refractivity contribution in [2.75, 3.05) is 0 Å². The Hall–Kier alpha value is -2.38. The fourth-order valence-corrected chi connectivity index (χ4v) is 1.69. The van der Waals surface area contributed by atoms with Gasteiger partial charge in [0.25, 0.3) is 0 Å². The van der Waals surface area contributed by atoms with Crippen LogP contribution in [0.25, 0.3) is 11.2 Å². The van der Waals surface area contributed by atoms with Crippen molar-refractivity contribution in [3.63, 3.8) is 0 Å². The van der Waals surface area contributed by atoms with Gasteiger partial charge in [-0.25, -0.2) is 9.78 Å². The van der Waals surface area contributed by atoms with Gasteiger partial charge in [0.05, 0.1) is 17.4 Å². The normalized spacial score (nSPS) is 11.6. The molecule has 0 aromatic carbocycles. The largest absolute Gasteiger partial charge is 0.444 e. The summed E-state index contributed by atoms with van der Waals surface area (Å²) < 4.78 is 9.59. The lowest BCUT2D eigenvalue weighted by molar-refractivity contribution is -0.782. The van der Waals surface area contributed by atoms with Crippen molar-refractivity contribution in [2.24, 2.45) is 0 Å². The van der Waals surface area contributed by atoms with Crippen LogP contribution in [0.2, 0.25) is 0 Å². The van der Waals surface area contributed by atoms with E-state index >= 15 is 0 Å². The van der Waals surface area contributed by atoms with Crippen LogP contribution in [0, 0.1) is 12.1 Å². The van der Waals surface area contributed by atoms with E-state index in [0.29, 0.717) is 16.2 Å². The zero-order valence-electron chi connectivity index (χ0n) is 11.8. The number of hydrogen-bond acceptors (Lipinski definition) is 6. The first-order chi connectivity index (χ1) is 9.26. The lowest BCUT2D eigenvalue weighted by Gasteiger charge is -2.19. The summed E-state index contributed by atoms with van der Waals surface area (Å²) in [4.78, 5) is 16.0. The first-order valence-corrected chi connectivity index (χ1v) is 6.09. The molecule has 0 radical (unpaired) electrons. The highest BCUT2D eigenvalue weighted by Gasteiger charge is 2.18. The van der Waals surface area contributed by atoms with Gasteiger partial charge in [-0.1, -0.05) is 0 Å². The second-order valence-corrected chi connectivity index (χ2v) is 5.39. The highest BCUT2D eigenvalue weighted by Crippen LogP contribution is 2.12. The number of alkyl carbamates (subject to hydrolysis) is 1. The summed E-state index contributed by atoms with van der Waals surface area (Å²) >= 11 is 0. The number of fused-ring (bicyclic) bond motifs is 1. The van der Waals surface area contributed by atoms with Gasteiger partial charge < -0.3 is 15.3 Å². The summed E-state index contributed by atoms with van der Waals surface area (Å²) in [6.45, 7) is 7.26. The third kappa shape index (κ3) is 3.14. The van der Waals surface area contributed by atoms with Crippen LogP contribution in [0.4, 0.5) is 4.79 Å². The SMILES string of the molecule is Cc1cc(CNC(=O)OC(C)(C)C)nc2no[n+]([O-])c12. The van der Waals surface area contributed by atoms with Gasteiger partial charge in [0, 0.05) is 5.56 Å². The lowest BCUT2D eigenvalue weighted by Crippen LogP contribution is -2.32. The third-order valence-corrected chi connectivity index (χ3v) is 2.41. The van der Waals surface area contributed by atoms with Crippen LogP contribution in [-0.2, 0) is 11.3 Å². The monoisotopic (exact) mass is 280 g/mol. The summed E-state index contributed by atoms with van der Waals surface area (Å²) in [5, 5.41) is 17.4. The fourth-order valence-electron chi connectivity index (χ4n) is 1.69. The molecular formula is C12H16N4O4. The lowest BCUT2D eigenvalue weighted by atomic mass is 10.2. The Morgan fingerprint density at radius 3 is 2.90 bits per heavy atom. The van der Waals surface area contributed by atoms with Crippen LogP contribution < -0.4 is 10.2 Å². The second-order valence-electron chi connectivity index (χ2n) is 5.39. The van der Waals surface area contributed by atoms with Crippen molar-refractivity contribution < 1.29 is 19.1 Å². The maximum Gasteiger partial charge on any atom is 0.407 e. The van der Waals surface area contributed by atoms with Crippen molar-refractivity contribution in [3.05, 3.63) is 22.5 Å².